The summed E-state index contributed by atoms with van der Waals surface area (Å²) in [5.74, 6) is 0.581. The van der Waals surface area contributed by atoms with Crippen LogP contribution < -0.4 is 5.14 Å². The van der Waals surface area contributed by atoms with Gasteiger partial charge in [0.1, 0.15) is 5.69 Å². The average molecular weight is 386 g/mol. The van der Waals surface area contributed by atoms with Crippen LogP contribution in [0.4, 0.5) is 0 Å². The molecule has 2 aromatic carbocycles. The molecule has 0 unspecified atom stereocenters. The molecule has 0 saturated heterocycles. The van der Waals surface area contributed by atoms with Gasteiger partial charge in [0.05, 0.1) is 18.4 Å². The Bertz CT molecular complexity index is 1040. The Hall–Kier alpha value is -2.97. The van der Waals surface area contributed by atoms with E-state index in [1.165, 1.54) is 19.2 Å². The molecule has 27 heavy (non-hydrogen) atoms. The van der Waals surface area contributed by atoms with E-state index in [-0.39, 0.29) is 17.3 Å². The Morgan fingerprint density at radius 2 is 1.74 bits per heavy atom. The van der Waals surface area contributed by atoms with Crippen molar-refractivity contribution in [1.29, 1.82) is 0 Å². The predicted octanol–water partition coefficient (Wildman–Crippen LogP) is 2.76. The van der Waals surface area contributed by atoms with Crippen molar-refractivity contribution in [3.05, 3.63) is 60.5 Å². The molecule has 0 saturated carbocycles. The Kier molecular flexibility index (Phi) is 5.38. The van der Waals surface area contributed by atoms with E-state index < -0.39 is 10.0 Å². The summed E-state index contributed by atoms with van der Waals surface area (Å²) < 4.78 is 33.4. The number of ether oxygens (including phenoxy) is 1. The quantitative estimate of drug-likeness (QED) is 0.652. The minimum atomic E-state index is -3.78. The molecule has 140 valence electrons. The molecule has 7 nitrogen and oxygen atoms in total. The Labute approximate surface area is 156 Å². The molecule has 8 heteroatoms. The van der Waals surface area contributed by atoms with Crippen LogP contribution >= 0.6 is 0 Å². The maximum atomic E-state index is 11.5. The van der Waals surface area contributed by atoms with Gasteiger partial charge in [-0.15, -0.1) is 0 Å². The SMILES string of the molecule is COC(=O)CCc1nc(-c2ccc(S(N)(=O)=O)cc2)c(-c2ccccc2)o1. The first-order valence-electron chi connectivity index (χ1n) is 8.13. The number of benzene rings is 2. The number of rotatable bonds is 6. The molecule has 0 bridgehead atoms. The second-order valence-electron chi connectivity index (χ2n) is 5.80. The molecule has 0 aliphatic rings. The molecule has 2 N–H and O–H groups in total. The van der Waals surface area contributed by atoms with Crippen LogP contribution in [0.15, 0.2) is 63.9 Å². The molecule has 0 fully saturated rings. The summed E-state index contributed by atoms with van der Waals surface area (Å²) in [7, 11) is -2.45. The normalized spacial score (nSPS) is 11.3. The van der Waals surface area contributed by atoms with E-state index in [4.69, 9.17) is 9.56 Å². The van der Waals surface area contributed by atoms with Gasteiger partial charge in [-0.3, -0.25) is 4.79 Å². The van der Waals surface area contributed by atoms with E-state index in [9.17, 15) is 13.2 Å². The van der Waals surface area contributed by atoms with Crippen molar-refractivity contribution in [2.75, 3.05) is 7.11 Å². The molecule has 3 rings (SSSR count). The van der Waals surface area contributed by atoms with Crippen LogP contribution in [0, 0.1) is 0 Å². The molecule has 1 aromatic heterocycles. The van der Waals surface area contributed by atoms with Gasteiger partial charge >= 0.3 is 5.97 Å². The average Bonchev–Trinajstić information content (AvgIpc) is 3.10. The maximum Gasteiger partial charge on any atom is 0.306 e. The van der Waals surface area contributed by atoms with Gasteiger partial charge in [-0.25, -0.2) is 18.5 Å². The zero-order chi connectivity index (χ0) is 19.4. The molecule has 0 spiro atoms. The highest BCUT2D eigenvalue weighted by Gasteiger charge is 2.18. The number of methoxy groups -OCH3 is 1. The molecule has 0 amide bonds. The fourth-order valence-corrected chi connectivity index (χ4v) is 3.08. The van der Waals surface area contributed by atoms with Crippen LogP contribution in [0.25, 0.3) is 22.6 Å². The lowest BCUT2D eigenvalue weighted by Gasteiger charge is -2.03. The van der Waals surface area contributed by atoms with Gasteiger partial charge in [0.2, 0.25) is 10.0 Å². The first kappa shape index (κ1) is 18.8. The molecule has 0 aliphatic carbocycles. The molecular weight excluding hydrogens is 368 g/mol. The van der Waals surface area contributed by atoms with Gasteiger partial charge in [0.15, 0.2) is 11.7 Å². The zero-order valence-electron chi connectivity index (χ0n) is 14.6. The second-order valence-corrected chi connectivity index (χ2v) is 7.36. The Morgan fingerprint density at radius 1 is 1.07 bits per heavy atom. The summed E-state index contributed by atoms with van der Waals surface area (Å²) in [4.78, 5) is 15.9. The van der Waals surface area contributed by atoms with Gasteiger partial charge in [-0.1, -0.05) is 42.5 Å². The summed E-state index contributed by atoms with van der Waals surface area (Å²) in [5, 5.41) is 5.15. The monoisotopic (exact) mass is 386 g/mol. The van der Waals surface area contributed by atoms with Crippen molar-refractivity contribution in [3.8, 4) is 22.6 Å². The van der Waals surface area contributed by atoms with Crippen LogP contribution in [0.5, 0.6) is 0 Å². The van der Waals surface area contributed by atoms with Crippen LogP contribution in [-0.2, 0) is 26.0 Å². The zero-order valence-corrected chi connectivity index (χ0v) is 15.4. The fraction of sp³-hybridized carbons (Fsp3) is 0.158. The highest BCUT2D eigenvalue weighted by atomic mass is 32.2. The van der Waals surface area contributed by atoms with Crippen LogP contribution in [0.1, 0.15) is 12.3 Å². The van der Waals surface area contributed by atoms with Crippen LogP contribution in [0.3, 0.4) is 0 Å². The molecule has 3 aromatic rings. The number of hydrogen-bond donors (Lipinski definition) is 1. The van der Waals surface area contributed by atoms with E-state index in [0.717, 1.165) is 5.56 Å². The number of carbonyl (C=O) groups excluding carboxylic acids is 1. The third kappa shape index (κ3) is 4.42. The number of hydrogen-bond acceptors (Lipinski definition) is 6. The number of primary sulfonamides is 1. The van der Waals surface area contributed by atoms with Gasteiger partial charge in [-0.05, 0) is 12.1 Å². The molecular formula is C19H18N2O5S. The summed E-state index contributed by atoms with van der Waals surface area (Å²) in [6, 6.07) is 15.5. The third-order valence-electron chi connectivity index (χ3n) is 3.93. The number of oxazole rings is 1. The van der Waals surface area contributed by atoms with Crippen molar-refractivity contribution < 1.29 is 22.4 Å². The van der Waals surface area contributed by atoms with Crippen molar-refractivity contribution in [2.45, 2.75) is 17.7 Å². The number of esters is 1. The molecule has 0 radical (unpaired) electrons. The first-order chi connectivity index (χ1) is 12.9. The Balaban J connectivity index is 2.02. The fourth-order valence-electron chi connectivity index (χ4n) is 2.57. The van der Waals surface area contributed by atoms with Gasteiger partial charge in [0.25, 0.3) is 0 Å². The number of nitrogens with two attached hydrogens (primary N) is 1. The predicted molar refractivity (Wildman–Crippen MR) is 99.1 cm³/mol. The number of nitrogens with zero attached hydrogens (tertiary/aromatic N) is 1. The highest BCUT2D eigenvalue weighted by Crippen LogP contribution is 2.33. The highest BCUT2D eigenvalue weighted by molar-refractivity contribution is 7.89. The lowest BCUT2D eigenvalue weighted by Crippen LogP contribution is -2.11. The van der Waals surface area contributed by atoms with E-state index in [2.05, 4.69) is 9.72 Å². The van der Waals surface area contributed by atoms with Gasteiger partial charge in [-0.2, -0.15) is 0 Å². The lowest BCUT2D eigenvalue weighted by atomic mass is 10.1. The van der Waals surface area contributed by atoms with Gasteiger partial charge in [0, 0.05) is 17.5 Å². The van der Waals surface area contributed by atoms with Crippen LogP contribution in [0.2, 0.25) is 0 Å². The summed E-state index contributed by atoms with van der Waals surface area (Å²) in [6.07, 6.45) is 0.441. The summed E-state index contributed by atoms with van der Waals surface area (Å²) in [6.45, 7) is 0. The van der Waals surface area contributed by atoms with Crippen molar-refractivity contribution in [3.63, 3.8) is 0 Å². The standard InChI is InChI=1S/C19H18N2O5S/c1-25-17(22)12-11-16-21-18(19(26-16)14-5-3-2-4-6-14)13-7-9-15(10-8-13)27(20,23)24/h2-10H,11-12H2,1H3,(H2,20,23,24). The van der Waals surface area contributed by atoms with E-state index in [1.54, 1.807) is 12.1 Å². The lowest BCUT2D eigenvalue weighted by molar-refractivity contribution is -0.140. The topological polar surface area (TPSA) is 112 Å². The minimum absolute atomic E-state index is 0.0157. The molecule has 0 atom stereocenters. The first-order valence-corrected chi connectivity index (χ1v) is 9.68. The van der Waals surface area contributed by atoms with Crippen molar-refractivity contribution in [2.24, 2.45) is 5.14 Å². The van der Waals surface area contributed by atoms with Crippen LogP contribution in [-0.4, -0.2) is 26.5 Å². The van der Waals surface area contributed by atoms with Crippen molar-refractivity contribution >= 4 is 16.0 Å². The number of carbonyl (C=O) groups is 1. The number of aryl methyl sites for hydroxylation is 1. The van der Waals surface area contributed by atoms with E-state index >= 15 is 0 Å². The van der Waals surface area contributed by atoms with E-state index in [0.29, 0.717) is 29.3 Å². The summed E-state index contributed by atoms with van der Waals surface area (Å²) in [5.41, 5.74) is 2.05. The second kappa shape index (κ2) is 7.73. The van der Waals surface area contributed by atoms with Gasteiger partial charge < -0.3 is 9.15 Å². The van der Waals surface area contributed by atoms with Crippen molar-refractivity contribution in [1.82, 2.24) is 4.98 Å². The third-order valence-corrected chi connectivity index (χ3v) is 4.86. The number of sulfonamides is 1. The number of aromatic nitrogens is 1. The minimum Gasteiger partial charge on any atom is -0.469 e. The largest absolute Gasteiger partial charge is 0.469 e. The van der Waals surface area contributed by atoms with E-state index in [1.807, 2.05) is 30.3 Å². The molecule has 1 heterocycles. The molecule has 0 aliphatic heterocycles. The Morgan fingerprint density at radius 3 is 2.33 bits per heavy atom. The smallest absolute Gasteiger partial charge is 0.306 e. The maximum absolute atomic E-state index is 11.5. The summed E-state index contributed by atoms with van der Waals surface area (Å²) >= 11 is 0.